The van der Waals surface area contributed by atoms with Crippen LogP contribution in [-0.4, -0.2) is 30.2 Å². The summed E-state index contributed by atoms with van der Waals surface area (Å²) in [7, 11) is 1.31. The quantitative estimate of drug-likeness (QED) is 0.696. The van der Waals surface area contributed by atoms with E-state index in [0.717, 1.165) is 23.3 Å². The average Bonchev–Trinajstić information content (AvgIpc) is 3.33. The lowest BCUT2D eigenvalue weighted by molar-refractivity contribution is 0.0600. The van der Waals surface area contributed by atoms with Crippen LogP contribution in [0.4, 0.5) is 5.69 Å². The summed E-state index contributed by atoms with van der Waals surface area (Å²) in [5.41, 5.74) is 3.05. The van der Waals surface area contributed by atoms with E-state index in [2.05, 4.69) is 15.2 Å². The molecule has 7 heteroatoms. The number of carbonyl (C=O) groups excluding carboxylic acids is 2. The van der Waals surface area contributed by atoms with Crippen molar-refractivity contribution in [2.45, 2.75) is 19.4 Å². The molecular weight excluding hydrogens is 360 g/mol. The fourth-order valence-corrected chi connectivity index (χ4v) is 3.10. The largest absolute Gasteiger partial charge is 0.490 e. The number of benzene rings is 2. The lowest BCUT2D eigenvalue weighted by Crippen LogP contribution is -2.12. The third-order valence-electron chi connectivity index (χ3n) is 4.49. The van der Waals surface area contributed by atoms with Crippen LogP contribution in [0.1, 0.15) is 33.3 Å². The molecule has 0 aliphatic carbocycles. The fraction of sp³-hybridized carbons (Fsp3) is 0.190. The minimum Gasteiger partial charge on any atom is -0.490 e. The molecule has 3 aromatic rings. The predicted octanol–water partition coefficient (Wildman–Crippen LogP) is 3.70. The zero-order valence-electron chi connectivity index (χ0n) is 15.4. The molecule has 4 rings (SSSR count). The van der Waals surface area contributed by atoms with Gasteiger partial charge >= 0.3 is 5.97 Å². The van der Waals surface area contributed by atoms with Gasteiger partial charge in [-0.25, -0.2) is 4.79 Å². The van der Waals surface area contributed by atoms with Crippen LogP contribution < -0.4 is 10.1 Å². The Balaban J connectivity index is 1.48. The maximum Gasteiger partial charge on any atom is 0.337 e. The summed E-state index contributed by atoms with van der Waals surface area (Å²) < 4.78 is 15.7. The zero-order valence-corrected chi connectivity index (χ0v) is 15.4. The van der Waals surface area contributed by atoms with Crippen LogP contribution >= 0.6 is 0 Å². The minimum atomic E-state index is -0.437. The van der Waals surface area contributed by atoms with E-state index in [1.54, 1.807) is 30.3 Å². The van der Waals surface area contributed by atoms with E-state index in [4.69, 9.17) is 9.26 Å². The van der Waals surface area contributed by atoms with Crippen LogP contribution in [0.15, 0.2) is 53.1 Å². The van der Waals surface area contributed by atoms with E-state index >= 15 is 0 Å². The molecule has 2 heterocycles. The molecule has 1 aliphatic heterocycles. The highest BCUT2D eigenvalue weighted by atomic mass is 16.5. The Morgan fingerprint density at radius 3 is 2.68 bits per heavy atom. The third-order valence-corrected chi connectivity index (χ3v) is 4.49. The summed E-state index contributed by atoms with van der Waals surface area (Å²) in [6.07, 6.45) is 0.999. The van der Waals surface area contributed by atoms with Crippen molar-refractivity contribution in [1.82, 2.24) is 5.16 Å². The lowest BCUT2D eigenvalue weighted by Gasteiger charge is -2.04. The van der Waals surface area contributed by atoms with E-state index < -0.39 is 11.9 Å². The molecule has 1 N–H and O–H groups in total. The SMILES string of the molecule is COC(=O)c1ccc(NC(=O)c2cc(-c3ccc4c(c3)C[C@H](C)O4)on2)cc1. The molecule has 0 unspecified atom stereocenters. The van der Waals surface area contributed by atoms with Crippen molar-refractivity contribution < 1.29 is 23.6 Å². The van der Waals surface area contributed by atoms with Gasteiger partial charge in [0.05, 0.1) is 12.7 Å². The average molecular weight is 378 g/mol. The number of hydrogen-bond acceptors (Lipinski definition) is 6. The van der Waals surface area contributed by atoms with Gasteiger partial charge in [0.1, 0.15) is 11.9 Å². The molecule has 1 aromatic heterocycles. The maximum absolute atomic E-state index is 12.4. The number of aromatic nitrogens is 1. The Hall–Kier alpha value is -3.61. The van der Waals surface area contributed by atoms with E-state index in [1.807, 2.05) is 25.1 Å². The van der Waals surface area contributed by atoms with Crippen molar-refractivity contribution in [1.29, 1.82) is 0 Å². The second-order valence-electron chi connectivity index (χ2n) is 6.55. The van der Waals surface area contributed by atoms with Crippen molar-refractivity contribution in [3.63, 3.8) is 0 Å². The first-order chi connectivity index (χ1) is 13.5. The first kappa shape index (κ1) is 17.8. The first-order valence-corrected chi connectivity index (χ1v) is 8.80. The summed E-state index contributed by atoms with van der Waals surface area (Å²) in [6.45, 7) is 2.02. The molecule has 0 saturated heterocycles. The molecule has 0 saturated carbocycles. The molecule has 0 bridgehead atoms. The Labute approximate surface area is 161 Å². The Morgan fingerprint density at radius 1 is 1.14 bits per heavy atom. The van der Waals surface area contributed by atoms with Gasteiger partial charge in [-0.1, -0.05) is 5.16 Å². The summed E-state index contributed by atoms with van der Waals surface area (Å²) >= 11 is 0. The van der Waals surface area contributed by atoms with Crippen LogP contribution in [0.3, 0.4) is 0 Å². The van der Waals surface area contributed by atoms with Crippen molar-refractivity contribution >= 4 is 17.6 Å². The number of ether oxygens (including phenoxy) is 2. The second kappa shape index (κ2) is 7.19. The summed E-state index contributed by atoms with van der Waals surface area (Å²) in [6, 6.07) is 13.8. The fourth-order valence-electron chi connectivity index (χ4n) is 3.10. The topological polar surface area (TPSA) is 90.7 Å². The van der Waals surface area contributed by atoms with Crippen molar-refractivity contribution in [3.8, 4) is 17.1 Å². The summed E-state index contributed by atoms with van der Waals surface area (Å²) in [5.74, 6) is 0.546. The van der Waals surface area contributed by atoms with Crippen molar-refractivity contribution in [2.75, 3.05) is 12.4 Å². The van der Waals surface area contributed by atoms with Gasteiger partial charge in [0.2, 0.25) is 0 Å². The van der Waals surface area contributed by atoms with Gasteiger partial charge in [-0.3, -0.25) is 4.79 Å². The molecule has 28 heavy (non-hydrogen) atoms. The molecule has 0 radical (unpaired) electrons. The van der Waals surface area contributed by atoms with Crippen LogP contribution in [-0.2, 0) is 11.2 Å². The Bertz CT molecular complexity index is 1040. The van der Waals surface area contributed by atoms with Crippen LogP contribution in [0, 0.1) is 0 Å². The molecule has 142 valence electrons. The molecule has 7 nitrogen and oxygen atoms in total. The number of hydrogen-bond donors (Lipinski definition) is 1. The number of amides is 1. The second-order valence-corrected chi connectivity index (χ2v) is 6.55. The monoisotopic (exact) mass is 378 g/mol. The summed E-state index contributed by atoms with van der Waals surface area (Å²) in [4.78, 5) is 23.9. The van der Waals surface area contributed by atoms with E-state index in [-0.39, 0.29) is 11.8 Å². The van der Waals surface area contributed by atoms with Crippen molar-refractivity contribution in [3.05, 3.63) is 65.4 Å². The number of carbonyl (C=O) groups is 2. The highest BCUT2D eigenvalue weighted by Gasteiger charge is 2.21. The highest BCUT2D eigenvalue weighted by molar-refractivity contribution is 6.03. The van der Waals surface area contributed by atoms with Crippen LogP contribution in [0.5, 0.6) is 5.75 Å². The van der Waals surface area contributed by atoms with Crippen molar-refractivity contribution in [2.24, 2.45) is 0 Å². The van der Waals surface area contributed by atoms with Crippen LogP contribution in [0.25, 0.3) is 11.3 Å². The molecule has 0 fully saturated rings. The van der Waals surface area contributed by atoms with Gasteiger partial charge in [-0.2, -0.15) is 0 Å². The molecule has 0 spiro atoms. The Kier molecular flexibility index (Phi) is 4.57. The van der Waals surface area contributed by atoms with Gasteiger partial charge in [0.25, 0.3) is 5.91 Å². The molecule has 2 aromatic carbocycles. The highest BCUT2D eigenvalue weighted by Crippen LogP contribution is 2.33. The van der Waals surface area contributed by atoms with E-state index in [0.29, 0.717) is 17.0 Å². The lowest BCUT2D eigenvalue weighted by atomic mass is 10.1. The number of rotatable bonds is 4. The van der Waals surface area contributed by atoms with Gasteiger partial charge in [0, 0.05) is 23.7 Å². The third kappa shape index (κ3) is 3.46. The molecule has 1 aliphatic rings. The molecular formula is C21H18N2O5. The van der Waals surface area contributed by atoms with Gasteiger partial charge in [-0.15, -0.1) is 0 Å². The van der Waals surface area contributed by atoms with Gasteiger partial charge in [-0.05, 0) is 55.0 Å². The standard InChI is InChI=1S/C21H18N2O5/c1-12-9-15-10-14(5-8-18(15)27-12)19-11-17(23-28-19)20(24)22-16-6-3-13(4-7-16)21(25)26-2/h3-8,10-12H,9H2,1-2H3,(H,22,24)/t12-/m0/s1. The van der Waals surface area contributed by atoms with Crippen LogP contribution in [0.2, 0.25) is 0 Å². The van der Waals surface area contributed by atoms with Gasteiger partial charge < -0.3 is 19.3 Å². The number of anilines is 1. The first-order valence-electron chi connectivity index (χ1n) is 8.80. The normalized spacial score (nSPS) is 14.9. The number of esters is 1. The maximum atomic E-state index is 12.4. The zero-order chi connectivity index (χ0) is 19.7. The Morgan fingerprint density at radius 2 is 1.93 bits per heavy atom. The summed E-state index contributed by atoms with van der Waals surface area (Å²) in [5, 5.41) is 6.58. The molecule has 1 atom stereocenters. The molecule has 1 amide bonds. The predicted molar refractivity (Wildman–Crippen MR) is 101 cm³/mol. The number of fused-ring (bicyclic) bond motifs is 1. The van der Waals surface area contributed by atoms with E-state index in [9.17, 15) is 9.59 Å². The number of nitrogens with one attached hydrogen (secondary N) is 1. The number of methoxy groups -OCH3 is 1. The number of nitrogens with zero attached hydrogens (tertiary/aromatic N) is 1. The minimum absolute atomic E-state index is 0.159. The van der Waals surface area contributed by atoms with Gasteiger partial charge in [0.15, 0.2) is 11.5 Å². The smallest absolute Gasteiger partial charge is 0.337 e. The van der Waals surface area contributed by atoms with E-state index in [1.165, 1.54) is 7.11 Å².